The van der Waals surface area contributed by atoms with Crippen molar-refractivity contribution in [3.8, 4) is 0 Å². The van der Waals surface area contributed by atoms with Crippen molar-refractivity contribution in [2.24, 2.45) is 0 Å². The van der Waals surface area contributed by atoms with E-state index < -0.39 is 20.0 Å². The molecule has 0 spiro atoms. The average Bonchev–Trinajstić information content (AvgIpc) is 2.33. The van der Waals surface area contributed by atoms with Crippen molar-refractivity contribution in [2.45, 2.75) is 20.0 Å². The maximum absolute atomic E-state index is 11.4. The molecule has 114 valence electrons. The highest BCUT2D eigenvalue weighted by Gasteiger charge is 2.27. The Kier molecular flexibility index (Phi) is 9.80. The van der Waals surface area contributed by atoms with E-state index in [1.165, 1.54) is 14.0 Å². The molecule has 20 heavy (non-hydrogen) atoms. The second-order valence-corrected chi connectivity index (χ2v) is 5.19. The molecule has 2 unspecified atom stereocenters. The second kappa shape index (κ2) is 10.5. The van der Waals surface area contributed by atoms with Gasteiger partial charge >= 0.3 is 20.0 Å². The first-order valence-corrected chi connectivity index (χ1v) is 7.31. The van der Waals surface area contributed by atoms with E-state index >= 15 is 0 Å². The number of hydrogen-bond acceptors (Lipinski definition) is 7. The van der Waals surface area contributed by atoms with E-state index in [-0.39, 0.29) is 37.7 Å². The summed E-state index contributed by atoms with van der Waals surface area (Å²) in [6, 6.07) is 0. The van der Waals surface area contributed by atoms with E-state index in [1.807, 2.05) is 0 Å². The largest absolute Gasteiger partial charge is 0.520 e. The van der Waals surface area contributed by atoms with E-state index in [4.69, 9.17) is 18.7 Å². The van der Waals surface area contributed by atoms with Gasteiger partial charge in [0.2, 0.25) is 0 Å². The van der Waals surface area contributed by atoms with Crippen molar-refractivity contribution in [3.05, 3.63) is 12.2 Å². The van der Waals surface area contributed by atoms with Crippen LogP contribution in [0.15, 0.2) is 12.2 Å². The topological polar surface area (TPSA) is 88.1 Å². The molecular weight excluding hydrogens is 287 g/mol. The lowest BCUT2D eigenvalue weighted by atomic mass is 10.4. The summed E-state index contributed by atoms with van der Waals surface area (Å²) in [5.41, 5.74) is 0.264. The Labute approximate surface area is 119 Å². The molecule has 7 nitrogen and oxygen atoms in total. The van der Waals surface area contributed by atoms with Crippen LogP contribution in [0.25, 0.3) is 0 Å². The van der Waals surface area contributed by atoms with Crippen LogP contribution in [-0.4, -0.2) is 51.1 Å². The highest BCUT2D eigenvalue weighted by atomic mass is 31.1. The molecule has 0 heterocycles. The van der Waals surface area contributed by atoms with Crippen molar-refractivity contribution in [1.82, 2.24) is 0 Å². The number of hydrogen-bond donors (Lipinski definition) is 0. The van der Waals surface area contributed by atoms with E-state index in [9.17, 15) is 14.2 Å². The summed E-state index contributed by atoms with van der Waals surface area (Å²) in [6.07, 6.45) is -0.717. The Hall–Kier alpha value is -1.30. The SMILES string of the molecule is C=C(C)C(=O)OCCOC(=O)C[P+](=O)OC(C)COC. The highest BCUT2D eigenvalue weighted by Crippen LogP contribution is 2.24. The zero-order chi connectivity index (χ0) is 15.5. The first kappa shape index (κ1) is 18.7. The van der Waals surface area contributed by atoms with E-state index in [0.717, 1.165) is 0 Å². The van der Waals surface area contributed by atoms with Crippen molar-refractivity contribution in [3.63, 3.8) is 0 Å². The Morgan fingerprint density at radius 2 is 1.85 bits per heavy atom. The van der Waals surface area contributed by atoms with Crippen LogP contribution in [-0.2, 0) is 32.9 Å². The minimum absolute atomic E-state index is 0.0743. The quantitative estimate of drug-likeness (QED) is 0.261. The summed E-state index contributed by atoms with van der Waals surface area (Å²) in [5.74, 6) is -1.23. The lowest BCUT2D eigenvalue weighted by molar-refractivity contribution is -0.148. The maximum Gasteiger partial charge on any atom is 0.520 e. The number of carbonyl (C=O) groups excluding carboxylic acids is 2. The molecule has 0 bridgehead atoms. The standard InChI is InChI=1S/C12H20O7P/c1-9(2)12(14)18-6-5-17-11(13)8-20(15)19-10(3)7-16-4/h10H,1,5-8H2,2-4H3/q+1. The number of carbonyl (C=O) groups is 2. The zero-order valence-electron chi connectivity index (χ0n) is 11.9. The fourth-order valence-electron chi connectivity index (χ4n) is 1.07. The van der Waals surface area contributed by atoms with Gasteiger partial charge in [-0.3, -0.25) is 0 Å². The number of methoxy groups -OCH3 is 1. The van der Waals surface area contributed by atoms with E-state index in [0.29, 0.717) is 0 Å². The third-order valence-corrected chi connectivity index (χ3v) is 3.00. The first-order valence-electron chi connectivity index (χ1n) is 5.95. The van der Waals surface area contributed by atoms with Gasteiger partial charge in [-0.15, -0.1) is 4.52 Å². The van der Waals surface area contributed by atoms with Crippen LogP contribution in [0.1, 0.15) is 13.8 Å². The summed E-state index contributed by atoms with van der Waals surface area (Å²) in [5, 5.41) is 0. The molecule has 0 radical (unpaired) electrons. The highest BCUT2D eigenvalue weighted by molar-refractivity contribution is 7.40. The van der Waals surface area contributed by atoms with Gasteiger partial charge in [0.1, 0.15) is 19.3 Å². The van der Waals surface area contributed by atoms with Gasteiger partial charge in [0, 0.05) is 12.7 Å². The van der Waals surface area contributed by atoms with Crippen molar-refractivity contribution >= 4 is 20.0 Å². The molecule has 2 atom stereocenters. The smallest absolute Gasteiger partial charge is 0.459 e. The third kappa shape index (κ3) is 9.61. The Bertz CT molecular complexity index is 367. The molecule has 0 rings (SSSR count). The summed E-state index contributed by atoms with van der Waals surface area (Å²) in [6.45, 7) is 6.70. The van der Waals surface area contributed by atoms with Gasteiger partial charge in [0.25, 0.3) is 6.16 Å². The predicted octanol–water partition coefficient (Wildman–Crippen LogP) is 1.44. The van der Waals surface area contributed by atoms with Gasteiger partial charge in [-0.05, 0) is 18.4 Å². The second-order valence-electron chi connectivity index (χ2n) is 4.00. The van der Waals surface area contributed by atoms with Crippen LogP contribution in [0, 0.1) is 0 Å². The molecule has 0 N–H and O–H groups in total. The van der Waals surface area contributed by atoms with Gasteiger partial charge < -0.3 is 14.2 Å². The van der Waals surface area contributed by atoms with Crippen LogP contribution in [0.2, 0.25) is 0 Å². The van der Waals surface area contributed by atoms with Crippen LogP contribution >= 0.6 is 8.03 Å². The molecule has 8 heteroatoms. The number of rotatable bonds is 10. The maximum atomic E-state index is 11.4. The summed E-state index contributed by atoms with van der Waals surface area (Å²) in [4.78, 5) is 22.3. The van der Waals surface area contributed by atoms with Crippen LogP contribution in [0.3, 0.4) is 0 Å². The molecule has 0 amide bonds. The molecule has 0 aliphatic heterocycles. The molecular formula is C12H20O7P+. The van der Waals surface area contributed by atoms with Gasteiger partial charge in [0.15, 0.2) is 0 Å². The fraction of sp³-hybridized carbons (Fsp3) is 0.667. The molecule has 0 aromatic heterocycles. The zero-order valence-corrected chi connectivity index (χ0v) is 12.8. The summed E-state index contributed by atoms with van der Waals surface area (Å²) < 4.78 is 30.7. The van der Waals surface area contributed by atoms with Gasteiger partial charge in [0.05, 0.1) is 6.61 Å². The molecule has 0 aliphatic rings. The average molecular weight is 307 g/mol. The van der Waals surface area contributed by atoms with Crippen molar-refractivity contribution < 1.29 is 32.9 Å². The molecule has 0 aliphatic carbocycles. The minimum atomic E-state index is -2.14. The van der Waals surface area contributed by atoms with Crippen LogP contribution in [0.4, 0.5) is 0 Å². The van der Waals surface area contributed by atoms with E-state index in [2.05, 4.69) is 6.58 Å². The third-order valence-electron chi connectivity index (χ3n) is 1.89. The van der Waals surface area contributed by atoms with Gasteiger partial charge in [-0.2, -0.15) is 0 Å². The molecule has 0 aromatic rings. The van der Waals surface area contributed by atoms with Crippen molar-refractivity contribution in [2.75, 3.05) is 33.1 Å². The van der Waals surface area contributed by atoms with Crippen molar-refractivity contribution in [1.29, 1.82) is 0 Å². The molecule has 0 fully saturated rings. The Morgan fingerprint density at radius 1 is 1.25 bits per heavy atom. The van der Waals surface area contributed by atoms with E-state index in [1.54, 1.807) is 6.92 Å². The monoisotopic (exact) mass is 307 g/mol. The Balaban J connectivity index is 3.75. The Morgan fingerprint density at radius 3 is 2.40 bits per heavy atom. The molecule has 0 aromatic carbocycles. The van der Waals surface area contributed by atoms with Gasteiger partial charge in [-0.1, -0.05) is 6.58 Å². The van der Waals surface area contributed by atoms with Crippen LogP contribution in [0.5, 0.6) is 0 Å². The lowest BCUT2D eigenvalue weighted by Crippen LogP contribution is -2.16. The molecule has 0 saturated heterocycles. The normalized spacial score (nSPS) is 12.4. The molecule has 0 saturated carbocycles. The first-order chi connectivity index (χ1) is 9.36. The van der Waals surface area contributed by atoms with Crippen LogP contribution < -0.4 is 0 Å². The number of esters is 2. The minimum Gasteiger partial charge on any atom is -0.459 e. The fourth-order valence-corrected chi connectivity index (χ4v) is 1.91. The predicted molar refractivity (Wildman–Crippen MR) is 71.6 cm³/mol. The lowest BCUT2D eigenvalue weighted by Gasteiger charge is -2.04. The van der Waals surface area contributed by atoms with Gasteiger partial charge in [-0.25, -0.2) is 9.59 Å². The summed E-state index contributed by atoms with van der Waals surface area (Å²) in [7, 11) is -0.647. The summed E-state index contributed by atoms with van der Waals surface area (Å²) >= 11 is 0. The number of ether oxygens (including phenoxy) is 3.